The summed E-state index contributed by atoms with van der Waals surface area (Å²) in [5, 5.41) is 15.2. The average molecular weight is 417 g/mol. The van der Waals surface area contributed by atoms with Crippen LogP contribution in [0.4, 0.5) is 0 Å². The van der Waals surface area contributed by atoms with E-state index in [-0.39, 0.29) is 22.2 Å². The van der Waals surface area contributed by atoms with Gasteiger partial charge in [0.05, 0.1) is 12.2 Å². The highest BCUT2D eigenvalue weighted by Crippen LogP contribution is 2.27. The molecule has 9 nitrogen and oxygen atoms in total. The van der Waals surface area contributed by atoms with E-state index in [1.54, 1.807) is 25.1 Å². The minimum atomic E-state index is -4.11. The minimum absolute atomic E-state index is 0.0493. The SMILES string of the molecule is C=NN=C(N)N.CCOc1cc(C)cc(OS(=O)(=O)c2cc(C)ccc2C#N)c1. The molecule has 0 fully saturated rings. The van der Waals surface area contributed by atoms with Crippen LogP contribution in [0.2, 0.25) is 0 Å². The quantitative estimate of drug-likeness (QED) is 0.316. The maximum absolute atomic E-state index is 12.5. The Kier molecular flexibility index (Phi) is 8.64. The summed E-state index contributed by atoms with van der Waals surface area (Å²) in [5.74, 6) is 0.617. The first-order chi connectivity index (χ1) is 13.6. The molecule has 2 rings (SSSR count). The van der Waals surface area contributed by atoms with Crippen molar-refractivity contribution in [2.24, 2.45) is 21.7 Å². The third-order valence-electron chi connectivity index (χ3n) is 3.25. The molecule has 0 heterocycles. The fraction of sp³-hybridized carbons (Fsp3) is 0.211. The van der Waals surface area contributed by atoms with Crippen LogP contribution in [0, 0.1) is 25.2 Å². The van der Waals surface area contributed by atoms with Gasteiger partial charge in [0.25, 0.3) is 0 Å². The second-order valence-electron chi connectivity index (χ2n) is 5.73. The number of hydrogen-bond donors (Lipinski definition) is 2. The van der Waals surface area contributed by atoms with Gasteiger partial charge in [-0.15, -0.1) is 5.10 Å². The van der Waals surface area contributed by atoms with Gasteiger partial charge in [-0.2, -0.15) is 18.8 Å². The van der Waals surface area contributed by atoms with Gasteiger partial charge in [-0.25, -0.2) is 0 Å². The van der Waals surface area contributed by atoms with Crippen molar-refractivity contribution in [3.63, 3.8) is 0 Å². The van der Waals surface area contributed by atoms with Crippen LogP contribution in [0.5, 0.6) is 11.5 Å². The van der Waals surface area contributed by atoms with Crippen LogP contribution in [0.1, 0.15) is 23.6 Å². The van der Waals surface area contributed by atoms with E-state index in [9.17, 15) is 8.42 Å². The van der Waals surface area contributed by atoms with Gasteiger partial charge in [-0.05, 0) is 56.2 Å². The van der Waals surface area contributed by atoms with E-state index >= 15 is 0 Å². The molecule has 0 atom stereocenters. The molecular weight excluding hydrogens is 394 g/mol. The lowest BCUT2D eigenvalue weighted by Crippen LogP contribution is -2.21. The van der Waals surface area contributed by atoms with Crippen molar-refractivity contribution < 1.29 is 17.3 Å². The Morgan fingerprint density at radius 1 is 1.14 bits per heavy atom. The lowest BCUT2D eigenvalue weighted by atomic mass is 10.2. The van der Waals surface area contributed by atoms with E-state index in [4.69, 9.17) is 25.6 Å². The molecular formula is C19H23N5O4S. The predicted molar refractivity (Wildman–Crippen MR) is 111 cm³/mol. The van der Waals surface area contributed by atoms with Gasteiger partial charge in [0.1, 0.15) is 22.5 Å². The number of rotatable bonds is 6. The highest BCUT2D eigenvalue weighted by molar-refractivity contribution is 7.87. The van der Waals surface area contributed by atoms with Crippen LogP contribution in [-0.4, -0.2) is 27.7 Å². The lowest BCUT2D eigenvalue weighted by molar-refractivity contribution is 0.338. The molecule has 2 aromatic rings. The molecule has 154 valence electrons. The van der Waals surface area contributed by atoms with Crippen molar-refractivity contribution in [3.05, 3.63) is 53.1 Å². The number of nitriles is 1. The molecule has 0 saturated heterocycles. The summed E-state index contributed by atoms with van der Waals surface area (Å²) in [6.45, 7) is 8.87. The Labute approximate surface area is 170 Å². The van der Waals surface area contributed by atoms with Crippen molar-refractivity contribution in [1.82, 2.24) is 0 Å². The predicted octanol–water partition coefficient (Wildman–Crippen LogP) is 2.22. The molecule has 0 amide bonds. The molecule has 0 radical (unpaired) electrons. The Balaban J connectivity index is 0.000000612. The Hall–Kier alpha value is -3.58. The van der Waals surface area contributed by atoms with Crippen molar-refractivity contribution >= 4 is 22.8 Å². The first-order valence-electron chi connectivity index (χ1n) is 8.37. The molecule has 0 aliphatic heterocycles. The highest BCUT2D eigenvalue weighted by Gasteiger charge is 2.21. The van der Waals surface area contributed by atoms with Gasteiger partial charge in [0.2, 0.25) is 5.96 Å². The topological polar surface area (TPSA) is 153 Å². The molecule has 0 unspecified atom stereocenters. The minimum Gasteiger partial charge on any atom is -0.494 e. The second kappa shape index (κ2) is 10.7. The fourth-order valence-corrected chi connectivity index (χ4v) is 3.35. The van der Waals surface area contributed by atoms with E-state index in [0.717, 1.165) is 11.1 Å². The van der Waals surface area contributed by atoms with Gasteiger partial charge in [-0.3, -0.25) is 0 Å². The van der Waals surface area contributed by atoms with Crippen molar-refractivity contribution in [2.75, 3.05) is 6.61 Å². The van der Waals surface area contributed by atoms with Crippen LogP contribution in [-0.2, 0) is 10.1 Å². The summed E-state index contributed by atoms with van der Waals surface area (Å²) in [4.78, 5) is -0.139. The number of aryl methyl sites for hydroxylation is 2. The summed E-state index contributed by atoms with van der Waals surface area (Å²) >= 11 is 0. The zero-order chi connectivity index (χ0) is 22.0. The maximum Gasteiger partial charge on any atom is 0.340 e. The number of hydrogen-bond acceptors (Lipinski definition) is 7. The fourth-order valence-electron chi connectivity index (χ4n) is 2.19. The summed E-state index contributed by atoms with van der Waals surface area (Å²) in [6.07, 6.45) is 0. The molecule has 0 aliphatic rings. The maximum atomic E-state index is 12.5. The molecule has 29 heavy (non-hydrogen) atoms. The number of ether oxygens (including phenoxy) is 1. The highest BCUT2D eigenvalue weighted by atomic mass is 32.2. The third kappa shape index (κ3) is 7.51. The zero-order valence-corrected chi connectivity index (χ0v) is 17.2. The lowest BCUT2D eigenvalue weighted by Gasteiger charge is -2.11. The van der Waals surface area contributed by atoms with Crippen LogP contribution in [0.3, 0.4) is 0 Å². The number of benzene rings is 2. The number of guanidine groups is 1. The zero-order valence-electron chi connectivity index (χ0n) is 16.4. The van der Waals surface area contributed by atoms with Crippen molar-refractivity contribution in [2.45, 2.75) is 25.7 Å². The first kappa shape index (κ1) is 23.5. The summed E-state index contributed by atoms with van der Waals surface area (Å²) in [5.41, 5.74) is 11.2. The van der Waals surface area contributed by atoms with E-state index in [0.29, 0.717) is 12.4 Å². The second-order valence-corrected chi connectivity index (χ2v) is 7.24. The van der Waals surface area contributed by atoms with Gasteiger partial charge in [0, 0.05) is 12.8 Å². The standard InChI is InChI=1S/C17H17NO4S.C2H6N4/c1-4-21-15-7-13(3)8-16(10-15)22-23(19,20)17-9-12(2)5-6-14(17)11-18;1-5-6-2(3)4/h5-10H,4H2,1-3H3;1H2,(H4,3,4,6). The van der Waals surface area contributed by atoms with Crippen LogP contribution < -0.4 is 20.4 Å². The Morgan fingerprint density at radius 3 is 2.31 bits per heavy atom. The van der Waals surface area contributed by atoms with E-state index in [1.165, 1.54) is 18.2 Å². The first-order valence-corrected chi connectivity index (χ1v) is 9.78. The van der Waals surface area contributed by atoms with Gasteiger partial charge in [0.15, 0.2) is 0 Å². The summed E-state index contributed by atoms with van der Waals surface area (Å²) in [7, 11) is -4.11. The molecule has 0 aliphatic carbocycles. The molecule has 0 aromatic heterocycles. The van der Waals surface area contributed by atoms with Gasteiger partial charge in [-0.1, -0.05) is 6.07 Å². The molecule has 10 heteroatoms. The number of nitrogens with two attached hydrogens (primary N) is 2. The average Bonchev–Trinajstić information content (AvgIpc) is 2.61. The molecule has 4 N–H and O–H groups in total. The molecule has 0 saturated carbocycles. The van der Waals surface area contributed by atoms with Gasteiger partial charge < -0.3 is 20.4 Å². The van der Waals surface area contributed by atoms with E-state index in [2.05, 4.69) is 16.9 Å². The third-order valence-corrected chi connectivity index (χ3v) is 4.54. The van der Waals surface area contributed by atoms with Crippen molar-refractivity contribution in [3.8, 4) is 17.6 Å². The van der Waals surface area contributed by atoms with Crippen LogP contribution in [0.15, 0.2) is 51.5 Å². The molecule has 0 spiro atoms. The molecule has 2 aromatic carbocycles. The van der Waals surface area contributed by atoms with Crippen LogP contribution >= 0.6 is 0 Å². The molecule has 0 bridgehead atoms. The Bertz CT molecular complexity index is 1040. The van der Waals surface area contributed by atoms with Gasteiger partial charge >= 0.3 is 10.1 Å². The summed E-state index contributed by atoms with van der Waals surface area (Å²) < 4.78 is 35.6. The largest absolute Gasteiger partial charge is 0.494 e. The number of nitrogens with zero attached hydrogens (tertiary/aromatic N) is 3. The monoisotopic (exact) mass is 417 g/mol. The normalized spacial score (nSPS) is 10.0. The van der Waals surface area contributed by atoms with Crippen molar-refractivity contribution in [1.29, 1.82) is 5.26 Å². The van der Waals surface area contributed by atoms with E-state index in [1.807, 2.05) is 19.9 Å². The Morgan fingerprint density at radius 2 is 1.79 bits per heavy atom. The smallest absolute Gasteiger partial charge is 0.340 e. The van der Waals surface area contributed by atoms with Crippen LogP contribution in [0.25, 0.3) is 0 Å². The summed E-state index contributed by atoms with van der Waals surface area (Å²) in [6, 6.07) is 11.3. The van der Waals surface area contributed by atoms with E-state index < -0.39 is 10.1 Å².